The maximum Gasteiger partial charge on any atom is 0.0323 e. The summed E-state index contributed by atoms with van der Waals surface area (Å²) in [5.41, 5.74) is 2.71. The maximum absolute atomic E-state index is 2.65. The Hall–Kier alpha value is -2.30. The van der Waals surface area contributed by atoms with Gasteiger partial charge in [-0.3, -0.25) is 0 Å². The Morgan fingerprint density at radius 2 is 0.800 bits per heavy atom. The van der Waals surface area contributed by atoms with Crippen molar-refractivity contribution in [3.63, 3.8) is 0 Å². The van der Waals surface area contributed by atoms with Crippen LogP contribution in [0.3, 0.4) is 0 Å². The molecule has 2 unspecified atom stereocenters. The van der Waals surface area contributed by atoms with Crippen molar-refractivity contribution in [1.82, 2.24) is 4.44 Å². The van der Waals surface area contributed by atoms with E-state index in [-0.39, 0.29) is 0 Å². The first kappa shape index (κ1) is 21.0. The van der Waals surface area contributed by atoms with Crippen molar-refractivity contribution in [2.24, 2.45) is 0 Å². The second-order valence-corrected chi connectivity index (χ2v) is 12.1. The highest BCUT2D eigenvalue weighted by atomic mass is 31.2. The highest BCUT2D eigenvalue weighted by Gasteiger charge is 2.29. The monoisotopic (exact) mass is 427 g/mol. The molecule has 0 radical (unpaired) electrons. The normalized spacial score (nSPS) is 13.2. The zero-order valence-electron chi connectivity index (χ0n) is 17.7. The van der Waals surface area contributed by atoms with Gasteiger partial charge in [0.05, 0.1) is 0 Å². The summed E-state index contributed by atoms with van der Waals surface area (Å²) in [6, 6.07) is 39.7. The van der Waals surface area contributed by atoms with E-state index < -0.39 is 16.1 Å². The Labute approximate surface area is 183 Å². The van der Waals surface area contributed by atoms with Gasteiger partial charge in [0, 0.05) is 16.1 Å². The molecule has 0 bridgehead atoms. The van der Waals surface area contributed by atoms with Gasteiger partial charge in [-0.2, -0.15) is 0 Å². The molecular weight excluding hydrogens is 400 g/mol. The third kappa shape index (κ3) is 4.40. The highest BCUT2D eigenvalue weighted by Crippen LogP contribution is 2.53. The van der Waals surface area contributed by atoms with E-state index in [0.717, 1.165) is 0 Å². The quantitative estimate of drug-likeness (QED) is 0.361. The minimum absolute atomic E-state index is 0.670. The minimum atomic E-state index is -0.670. The minimum Gasteiger partial charge on any atom is -0.248 e. The molecule has 4 aromatic carbocycles. The first-order valence-corrected chi connectivity index (χ1v) is 12.8. The molecule has 2 atom stereocenters. The lowest BCUT2D eigenvalue weighted by molar-refractivity contribution is 0.911. The Morgan fingerprint density at radius 1 is 0.467 bits per heavy atom. The Morgan fingerprint density at radius 3 is 1.17 bits per heavy atom. The number of rotatable bonds is 6. The largest absolute Gasteiger partial charge is 0.248 e. The van der Waals surface area contributed by atoms with Crippen LogP contribution in [0.5, 0.6) is 0 Å². The van der Waals surface area contributed by atoms with E-state index in [9.17, 15) is 0 Å². The summed E-state index contributed by atoms with van der Waals surface area (Å²) in [5, 5.41) is 5.64. The predicted octanol–water partition coefficient (Wildman–Crippen LogP) is 5.63. The number of benzene rings is 4. The summed E-state index contributed by atoms with van der Waals surface area (Å²) < 4.78 is 2.65. The van der Waals surface area contributed by atoms with Crippen LogP contribution in [0.25, 0.3) is 0 Å². The maximum atomic E-state index is 2.65. The molecule has 0 saturated heterocycles. The molecule has 0 N–H and O–H groups in total. The molecule has 0 spiro atoms. The van der Waals surface area contributed by atoms with Gasteiger partial charge in [-0.15, -0.1) is 0 Å². The molecule has 0 aromatic heterocycles. The summed E-state index contributed by atoms with van der Waals surface area (Å²) in [4.78, 5) is 0. The highest BCUT2D eigenvalue weighted by molar-refractivity contribution is 7.84. The van der Waals surface area contributed by atoms with E-state index in [4.69, 9.17) is 0 Å². The van der Waals surface area contributed by atoms with Crippen LogP contribution in [0.2, 0.25) is 0 Å². The first-order chi connectivity index (χ1) is 14.7. The van der Waals surface area contributed by atoms with Gasteiger partial charge in [-0.25, -0.2) is 4.44 Å². The van der Waals surface area contributed by atoms with E-state index in [2.05, 4.69) is 135 Å². The molecule has 0 saturated carbocycles. The van der Waals surface area contributed by atoms with Crippen LogP contribution in [0, 0.1) is 13.8 Å². The lowest BCUT2D eigenvalue weighted by Crippen LogP contribution is -2.30. The second kappa shape index (κ2) is 9.67. The Kier molecular flexibility index (Phi) is 6.76. The Bertz CT molecular complexity index is 1010. The second-order valence-electron chi connectivity index (χ2n) is 7.36. The van der Waals surface area contributed by atoms with Gasteiger partial charge in [0.1, 0.15) is 0 Å². The topological polar surface area (TPSA) is 3.24 Å². The predicted molar refractivity (Wildman–Crippen MR) is 135 cm³/mol. The fraction of sp³-hybridized carbons (Fsp3) is 0.111. The average Bonchev–Trinajstić information content (AvgIpc) is 2.78. The zero-order chi connectivity index (χ0) is 20.9. The van der Waals surface area contributed by atoms with Gasteiger partial charge in [-0.1, -0.05) is 109 Å². The molecule has 1 nitrogen and oxygen atoms in total. The van der Waals surface area contributed by atoms with Crippen molar-refractivity contribution in [2.75, 3.05) is 7.05 Å². The molecule has 150 valence electrons. The van der Waals surface area contributed by atoms with E-state index >= 15 is 0 Å². The van der Waals surface area contributed by atoms with Gasteiger partial charge in [0.2, 0.25) is 0 Å². The zero-order valence-corrected chi connectivity index (χ0v) is 19.5. The molecule has 0 aliphatic rings. The SMILES string of the molecule is Cc1ccccc1P(c1ccccc1)N(C)P(c1ccccc1)c1ccccc1C. The summed E-state index contributed by atoms with van der Waals surface area (Å²) in [7, 11) is 0.976. The van der Waals surface area contributed by atoms with Gasteiger partial charge < -0.3 is 0 Å². The van der Waals surface area contributed by atoms with Crippen LogP contribution in [0.4, 0.5) is 0 Å². The lowest BCUT2D eigenvalue weighted by atomic mass is 10.2. The van der Waals surface area contributed by atoms with Gasteiger partial charge in [0.25, 0.3) is 0 Å². The van der Waals surface area contributed by atoms with Gasteiger partial charge >= 0.3 is 0 Å². The smallest absolute Gasteiger partial charge is 0.0323 e. The Balaban J connectivity index is 1.90. The van der Waals surface area contributed by atoms with Crippen molar-refractivity contribution in [3.05, 3.63) is 120 Å². The molecule has 0 heterocycles. The molecular formula is C27H27NP2. The van der Waals surface area contributed by atoms with Gasteiger partial charge in [-0.05, 0) is 53.2 Å². The van der Waals surface area contributed by atoms with Crippen LogP contribution < -0.4 is 21.2 Å². The van der Waals surface area contributed by atoms with Crippen LogP contribution in [-0.4, -0.2) is 11.5 Å². The fourth-order valence-electron chi connectivity index (χ4n) is 3.75. The summed E-state index contributed by atoms with van der Waals surface area (Å²) in [6.07, 6.45) is 0. The first-order valence-electron chi connectivity index (χ1n) is 10.2. The summed E-state index contributed by atoms with van der Waals surface area (Å²) in [6.45, 7) is 4.47. The summed E-state index contributed by atoms with van der Waals surface area (Å²) in [5.74, 6) is 0. The van der Waals surface area contributed by atoms with Crippen LogP contribution in [0.15, 0.2) is 109 Å². The van der Waals surface area contributed by atoms with Crippen LogP contribution in [0.1, 0.15) is 11.1 Å². The van der Waals surface area contributed by atoms with Crippen molar-refractivity contribution in [1.29, 1.82) is 0 Å². The fourth-order valence-corrected chi connectivity index (χ4v) is 9.70. The van der Waals surface area contributed by atoms with E-state index in [1.807, 2.05) is 0 Å². The molecule has 0 aliphatic heterocycles. The number of aryl methyl sites for hydroxylation is 2. The molecule has 4 rings (SSSR count). The van der Waals surface area contributed by atoms with Crippen LogP contribution in [-0.2, 0) is 0 Å². The number of nitrogens with zero attached hydrogens (tertiary/aromatic N) is 1. The van der Waals surface area contributed by atoms with Crippen molar-refractivity contribution in [2.45, 2.75) is 13.8 Å². The average molecular weight is 427 g/mol. The van der Waals surface area contributed by atoms with E-state index in [1.54, 1.807) is 0 Å². The lowest BCUT2D eigenvalue weighted by Gasteiger charge is -2.37. The molecule has 3 heteroatoms. The van der Waals surface area contributed by atoms with Gasteiger partial charge in [0.15, 0.2) is 0 Å². The number of hydrogen-bond acceptors (Lipinski definition) is 1. The molecule has 4 aromatic rings. The molecule has 0 aliphatic carbocycles. The third-order valence-corrected chi connectivity index (χ3v) is 11.0. The molecule has 0 amide bonds. The van der Waals surface area contributed by atoms with E-state index in [0.29, 0.717) is 0 Å². The van der Waals surface area contributed by atoms with Crippen molar-refractivity contribution in [3.8, 4) is 0 Å². The number of hydrogen-bond donors (Lipinski definition) is 0. The standard InChI is InChI=1S/C27H27NP2/c1-22-14-10-12-20-26(22)29(24-16-6-4-7-17-24)28(3)30(25-18-8-5-9-19-25)27-21-13-11-15-23(27)2/h4-21H,1-3H3. The van der Waals surface area contributed by atoms with Crippen LogP contribution >= 0.6 is 16.1 Å². The molecule has 30 heavy (non-hydrogen) atoms. The third-order valence-electron chi connectivity index (χ3n) is 5.27. The summed E-state index contributed by atoms with van der Waals surface area (Å²) >= 11 is 0. The van der Waals surface area contributed by atoms with E-state index in [1.165, 1.54) is 32.3 Å². The van der Waals surface area contributed by atoms with Crippen molar-refractivity contribution >= 4 is 37.4 Å². The molecule has 0 fully saturated rings. The van der Waals surface area contributed by atoms with Crippen molar-refractivity contribution < 1.29 is 0 Å².